The SMILES string of the molecule is O=C1CCc2cc(OCCc3ccncc3)ccc21. The van der Waals surface area contributed by atoms with Crippen LogP contribution in [-0.4, -0.2) is 17.4 Å². The van der Waals surface area contributed by atoms with Gasteiger partial charge in [0.2, 0.25) is 0 Å². The average molecular weight is 253 g/mol. The molecule has 0 atom stereocenters. The van der Waals surface area contributed by atoms with Crippen LogP contribution >= 0.6 is 0 Å². The zero-order valence-corrected chi connectivity index (χ0v) is 10.6. The van der Waals surface area contributed by atoms with Crippen LogP contribution in [0.15, 0.2) is 42.7 Å². The molecule has 0 unspecified atom stereocenters. The molecule has 3 heteroatoms. The number of Topliss-reactive ketones (excluding diaryl/α,β-unsaturated/α-hetero) is 1. The third-order valence-electron chi connectivity index (χ3n) is 3.41. The Kier molecular flexibility index (Phi) is 3.27. The van der Waals surface area contributed by atoms with E-state index in [0.717, 1.165) is 29.7 Å². The van der Waals surface area contributed by atoms with Crippen LogP contribution in [0.3, 0.4) is 0 Å². The monoisotopic (exact) mass is 253 g/mol. The van der Waals surface area contributed by atoms with Gasteiger partial charge in [-0.15, -0.1) is 0 Å². The number of benzene rings is 1. The number of hydrogen-bond donors (Lipinski definition) is 0. The first-order chi connectivity index (χ1) is 9.33. The Bertz CT molecular complexity index is 593. The molecule has 2 aromatic rings. The number of carbonyl (C=O) groups is 1. The molecule has 1 aliphatic carbocycles. The van der Waals surface area contributed by atoms with Gasteiger partial charge in [0.05, 0.1) is 6.61 Å². The number of ether oxygens (including phenoxy) is 1. The summed E-state index contributed by atoms with van der Waals surface area (Å²) < 4.78 is 5.74. The Morgan fingerprint density at radius 3 is 2.79 bits per heavy atom. The Morgan fingerprint density at radius 2 is 1.95 bits per heavy atom. The summed E-state index contributed by atoms with van der Waals surface area (Å²) in [6.45, 7) is 0.636. The highest BCUT2D eigenvalue weighted by Crippen LogP contribution is 2.26. The van der Waals surface area contributed by atoms with Gasteiger partial charge in [0.1, 0.15) is 5.75 Å². The summed E-state index contributed by atoms with van der Waals surface area (Å²) in [5.41, 5.74) is 3.19. The molecule has 0 saturated heterocycles. The molecule has 0 radical (unpaired) electrons. The molecule has 19 heavy (non-hydrogen) atoms. The summed E-state index contributed by atoms with van der Waals surface area (Å²) in [7, 11) is 0. The average Bonchev–Trinajstić information content (AvgIpc) is 2.81. The van der Waals surface area contributed by atoms with Crippen LogP contribution < -0.4 is 4.74 Å². The van der Waals surface area contributed by atoms with Crippen molar-refractivity contribution in [2.24, 2.45) is 0 Å². The van der Waals surface area contributed by atoms with Crippen molar-refractivity contribution in [1.82, 2.24) is 4.98 Å². The van der Waals surface area contributed by atoms with Crippen molar-refractivity contribution in [2.45, 2.75) is 19.3 Å². The van der Waals surface area contributed by atoms with Gasteiger partial charge in [0.25, 0.3) is 0 Å². The van der Waals surface area contributed by atoms with Gasteiger partial charge in [-0.25, -0.2) is 0 Å². The summed E-state index contributed by atoms with van der Waals surface area (Å²) >= 11 is 0. The van der Waals surface area contributed by atoms with E-state index in [1.807, 2.05) is 30.3 Å². The predicted octanol–water partition coefficient (Wildman–Crippen LogP) is 2.83. The van der Waals surface area contributed by atoms with Gasteiger partial charge in [0, 0.05) is 30.8 Å². The van der Waals surface area contributed by atoms with Gasteiger partial charge in [-0.1, -0.05) is 0 Å². The minimum absolute atomic E-state index is 0.248. The number of aryl methyl sites for hydroxylation is 1. The number of rotatable bonds is 4. The van der Waals surface area contributed by atoms with Crippen molar-refractivity contribution < 1.29 is 9.53 Å². The smallest absolute Gasteiger partial charge is 0.163 e. The first-order valence-electron chi connectivity index (χ1n) is 6.51. The van der Waals surface area contributed by atoms with E-state index in [1.165, 1.54) is 5.56 Å². The minimum Gasteiger partial charge on any atom is -0.493 e. The molecule has 1 heterocycles. The quantitative estimate of drug-likeness (QED) is 0.841. The topological polar surface area (TPSA) is 39.2 Å². The zero-order valence-electron chi connectivity index (χ0n) is 10.6. The van der Waals surface area contributed by atoms with Crippen LogP contribution in [0.2, 0.25) is 0 Å². The fraction of sp³-hybridized carbons (Fsp3) is 0.250. The van der Waals surface area contributed by atoms with Crippen LogP contribution in [0.4, 0.5) is 0 Å². The molecule has 3 rings (SSSR count). The maximum absolute atomic E-state index is 11.5. The fourth-order valence-electron chi connectivity index (χ4n) is 2.36. The van der Waals surface area contributed by atoms with Crippen LogP contribution in [-0.2, 0) is 12.8 Å². The number of fused-ring (bicyclic) bond motifs is 1. The lowest BCUT2D eigenvalue weighted by atomic mass is 10.1. The van der Waals surface area contributed by atoms with Crippen LogP contribution in [0.1, 0.15) is 27.9 Å². The highest BCUT2D eigenvalue weighted by Gasteiger charge is 2.19. The van der Waals surface area contributed by atoms with E-state index in [9.17, 15) is 4.79 Å². The first-order valence-corrected chi connectivity index (χ1v) is 6.51. The molecule has 0 spiro atoms. The highest BCUT2D eigenvalue weighted by atomic mass is 16.5. The summed E-state index contributed by atoms with van der Waals surface area (Å²) in [5, 5.41) is 0. The summed E-state index contributed by atoms with van der Waals surface area (Å²) in [6.07, 6.45) is 5.91. The van der Waals surface area contributed by atoms with E-state index in [2.05, 4.69) is 4.98 Å². The molecular formula is C16H15NO2. The molecule has 1 aromatic heterocycles. The van der Waals surface area contributed by atoms with Gasteiger partial charge in [-0.3, -0.25) is 9.78 Å². The third kappa shape index (κ3) is 2.65. The number of aromatic nitrogens is 1. The second-order valence-corrected chi connectivity index (χ2v) is 4.70. The van der Waals surface area contributed by atoms with Gasteiger partial charge < -0.3 is 4.74 Å². The summed E-state index contributed by atoms with van der Waals surface area (Å²) in [6, 6.07) is 9.74. The number of hydrogen-bond acceptors (Lipinski definition) is 3. The summed E-state index contributed by atoms with van der Waals surface area (Å²) in [4.78, 5) is 15.5. The number of pyridine rings is 1. The minimum atomic E-state index is 0.248. The second kappa shape index (κ2) is 5.22. The lowest BCUT2D eigenvalue weighted by molar-refractivity contribution is 0.0994. The third-order valence-corrected chi connectivity index (χ3v) is 3.41. The van der Waals surface area contributed by atoms with E-state index < -0.39 is 0 Å². The molecule has 0 fully saturated rings. The van der Waals surface area contributed by atoms with E-state index in [0.29, 0.717) is 13.0 Å². The van der Waals surface area contributed by atoms with E-state index in [1.54, 1.807) is 12.4 Å². The molecule has 3 nitrogen and oxygen atoms in total. The molecule has 96 valence electrons. The molecule has 0 saturated carbocycles. The van der Waals surface area contributed by atoms with Crippen molar-refractivity contribution in [3.05, 3.63) is 59.4 Å². The van der Waals surface area contributed by atoms with Crippen LogP contribution in [0.25, 0.3) is 0 Å². The number of ketones is 1. The molecule has 0 bridgehead atoms. The largest absolute Gasteiger partial charge is 0.493 e. The fourth-order valence-corrected chi connectivity index (χ4v) is 2.36. The van der Waals surface area contributed by atoms with E-state index >= 15 is 0 Å². The van der Waals surface area contributed by atoms with Crippen molar-refractivity contribution in [3.8, 4) is 5.75 Å². The van der Waals surface area contributed by atoms with Gasteiger partial charge in [-0.05, 0) is 47.9 Å². The van der Waals surface area contributed by atoms with Crippen molar-refractivity contribution >= 4 is 5.78 Å². The lowest BCUT2D eigenvalue weighted by Crippen LogP contribution is -2.02. The molecule has 1 aliphatic rings. The molecule has 1 aromatic carbocycles. The van der Waals surface area contributed by atoms with Crippen molar-refractivity contribution in [1.29, 1.82) is 0 Å². The maximum atomic E-state index is 11.5. The van der Waals surface area contributed by atoms with E-state index in [4.69, 9.17) is 4.74 Å². The van der Waals surface area contributed by atoms with E-state index in [-0.39, 0.29) is 5.78 Å². The molecule has 0 amide bonds. The zero-order chi connectivity index (χ0) is 13.1. The van der Waals surface area contributed by atoms with Gasteiger partial charge in [0.15, 0.2) is 5.78 Å². The standard InChI is InChI=1S/C16H15NO2/c18-16-4-1-13-11-14(2-3-15(13)16)19-10-7-12-5-8-17-9-6-12/h2-3,5-6,8-9,11H,1,4,7,10H2. The Labute approximate surface area is 112 Å². The molecular weight excluding hydrogens is 238 g/mol. The Balaban J connectivity index is 1.61. The number of nitrogens with zero attached hydrogens (tertiary/aromatic N) is 1. The highest BCUT2D eigenvalue weighted by molar-refractivity contribution is 6.00. The van der Waals surface area contributed by atoms with Crippen molar-refractivity contribution in [3.63, 3.8) is 0 Å². The predicted molar refractivity (Wildman–Crippen MR) is 72.5 cm³/mol. The lowest BCUT2D eigenvalue weighted by Gasteiger charge is -2.07. The second-order valence-electron chi connectivity index (χ2n) is 4.70. The molecule has 0 N–H and O–H groups in total. The van der Waals surface area contributed by atoms with Gasteiger partial charge >= 0.3 is 0 Å². The maximum Gasteiger partial charge on any atom is 0.163 e. The van der Waals surface area contributed by atoms with Crippen LogP contribution in [0, 0.1) is 0 Å². The number of carbonyl (C=O) groups excluding carboxylic acids is 1. The summed E-state index contributed by atoms with van der Waals surface area (Å²) in [5.74, 6) is 1.10. The van der Waals surface area contributed by atoms with Crippen LogP contribution in [0.5, 0.6) is 5.75 Å². The Morgan fingerprint density at radius 1 is 1.11 bits per heavy atom. The van der Waals surface area contributed by atoms with Crippen molar-refractivity contribution in [2.75, 3.05) is 6.61 Å². The first kappa shape index (κ1) is 11.9. The Hall–Kier alpha value is -2.16. The van der Waals surface area contributed by atoms with Gasteiger partial charge in [-0.2, -0.15) is 0 Å². The molecule has 0 aliphatic heterocycles. The normalized spacial score (nSPS) is 13.4.